The van der Waals surface area contributed by atoms with Crippen LogP contribution in [0.4, 0.5) is 0 Å². The molecule has 0 saturated carbocycles. The van der Waals surface area contributed by atoms with E-state index in [4.69, 9.17) is 16.3 Å². The number of halogens is 1. The molecular formula is C15H15ClO2. The van der Waals surface area contributed by atoms with E-state index in [0.717, 1.165) is 27.6 Å². The summed E-state index contributed by atoms with van der Waals surface area (Å²) in [6, 6.07) is 9.94. The van der Waals surface area contributed by atoms with Gasteiger partial charge in [0.05, 0.1) is 6.61 Å². The van der Waals surface area contributed by atoms with Crippen LogP contribution in [0.5, 0.6) is 5.75 Å². The van der Waals surface area contributed by atoms with E-state index in [9.17, 15) is 4.79 Å². The van der Waals surface area contributed by atoms with Gasteiger partial charge in [0, 0.05) is 6.42 Å². The fourth-order valence-electron chi connectivity index (χ4n) is 2.11. The minimum atomic E-state index is -0.330. The monoisotopic (exact) mass is 262 g/mol. The van der Waals surface area contributed by atoms with Crippen LogP contribution in [0.25, 0.3) is 10.8 Å². The van der Waals surface area contributed by atoms with Gasteiger partial charge in [-0.1, -0.05) is 18.2 Å². The summed E-state index contributed by atoms with van der Waals surface area (Å²) in [4.78, 5) is 11.0. The third kappa shape index (κ3) is 2.65. The molecule has 2 aromatic rings. The molecule has 3 heteroatoms. The third-order valence-corrected chi connectivity index (χ3v) is 3.15. The van der Waals surface area contributed by atoms with Crippen LogP contribution in [0.1, 0.15) is 18.1 Å². The number of hydrogen-bond donors (Lipinski definition) is 0. The van der Waals surface area contributed by atoms with Crippen LogP contribution in [-0.4, -0.2) is 11.8 Å². The predicted molar refractivity (Wildman–Crippen MR) is 74.4 cm³/mol. The Morgan fingerprint density at radius 2 is 2.06 bits per heavy atom. The van der Waals surface area contributed by atoms with Crippen molar-refractivity contribution in [3.63, 3.8) is 0 Å². The zero-order valence-corrected chi connectivity index (χ0v) is 11.3. The van der Waals surface area contributed by atoms with E-state index in [0.29, 0.717) is 6.61 Å². The molecule has 0 aliphatic carbocycles. The number of carbonyl (C=O) groups is 1. The molecule has 0 N–H and O–H groups in total. The highest BCUT2D eigenvalue weighted by Gasteiger charge is 2.07. The SMILES string of the molecule is CCOc1ccc2c(C)c(CC(=O)Cl)ccc2c1. The summed E-state index contributed by atoms with van der Waals surface area (Å²) < 4.78 is 5.47. The van der Waals surface area contributed by atoms with E-state index in [-0.39, 0.29) is 11.7 Å². The lowest BCUT2D eigenvalue weighted by atomic mass is 9.98. The number of benzene rings is 2. The summed E-state index contributed by atoms with van der Waals surface area (Å²) in [5, 5.41) is 1.92. The predicted octanol–water partition coefficient (Wildman–Crippen LogP) is 3.85. The molecule has 0 spiro atoms. The largest absolute Gasteiger partial charge is 0.494 e. The van der Waals surface area contributed by atoms with Crippen molar-refractivity contribution in [3.05, 3.63) is 41.5 Å². The van der Waals surface area contributed by atoms with E-state index in [2.05, 4.69) is 0 Å². The molecule has 0 unspecified atom stereocenters. The van der Waals surface area contributed by atoms with Crippen molar-refractivity contribution in [2.45, 2.75) is 20.3 Å². The lowest BCUT2D eigenvalue weighted by Crippen LogP contribution is -1.97. The highest BCUT2D eigenvalue weighted by Crippen LogP contribution is 2.26. The molecule has 2 aromatic carbocycles. The van der Waals surface area contributed by atoms with E-state index in [1.165, 1.54) is 0 Å². The average molecular weight is 263 g/mol. The Balaban J connectivity index is 2.48. The number of hydrogen-bond acceptors (Lipinski definition) is 2. The van der Waals surface area contributed by atoms with E-state index < -0.39 is 0 Å². The maximum Gasteiger partial charge on any atom is 0.226 e. The molecule has 0 heterocycles. The molecule has 0 radical (unpaired) electrons. The number of aryl methyl sites for hydroxylation is 1. The number of rotatable bonds is 4. The maximum absolute atomic E-state index is 11.0. The Hall–Kier alpha value is -1.54. The zero-order valence-electron chi connectivity index (χ0n) is 10.5. The van der Waals surface area contributed by atoms with Gasteiger partial charge in [-0.25, -0.2) is 0 Å². The van der Waals surface area contributed by atoms with Crippen molar-refractivity contribution in [2.75, 3.05) is 6.61 Å². The topological polar surface area (TPSA) is 26.3 Å². The smallest absolute Gasteiger partial charge is 0.226 e. The zero-order chi connectivity index (χ0) is 13.1. The molecule has 0 saturated heterocycles. The molecule has 0 fully saturated rings. The van der Waals surface area contributed by atoms with Crippen molar-refractivity contribution in [3.8, 4) is 5.75 Å². The van der Waals surface area contributed by atoms with Gasteiger partial charge < -0.3 is 4.74 Å². The molecule has 2 rings (SSSR count). The highest BCUT2D eigenvalue weighted by molar-refractivity contribution is 6.63. The van der Waals surface area contributed by atoms with Crippen LogP contribution < -0.4 is 4.74 Å². The van der Waals surface area contributed by atoms with Crippen LogP contribution in [-0.2, 0) is 11.2 Å². The van der Waals surface area contributed by atoms with Gasteiger partial charge in [-0.05, 0) is 59.5 Å². The lowest BCUT2D eigenvalue weighted by molar-refractivity contribution is -0.111. The van der Waals surface area contributed by atoms with Crippen molar-refractivity contribution in [1.29, 1.82) is 0 Å². The average Bonchev–Trinajstić information content (AvgIpc) is 2.33. The van der Waals surface area contributed by atoms with Crippen molar-refractivity contribution in [2.24, 2.45) is 0 Å². The number of ether oxygens (including phenoxy) is 1. The Morgan fingerprint density at radius 3 is 2.72 bits per heavy atom. The molecule has 18 heavy (non-hydrogen) atoms. The minimum absolute atomic E-state index is 0.274. The summed E-state index contributed by atoms with van der Waals surface area (Å²) >= 11 is 5.44. The van der Waals surface area contributed by atoms with Gasteiger partial charge in [0.1, 0.15) is 5.75 Å². The second-order valence-electron chi connectivity index (χ2n) is 4.20. The molecular weight excluding hydrogens is 248 g/mol. The molecule has 94 valence electrons. The van der Waals surface area contributed by atoms with Crippen molar-refractivity contribution >= 4 is 27.6 Å². The molecule has 0 bridgehead atoms. The Morgan fingerprint density at radius 1 is 1.28 bits per heavy atom. The fraction of sp³-hybridized carbons (Fsp3) is 0.267. The second-order valence-corrected chi connectivity index (χ2v) is 4.62. The van der Waals surface area contributed by atoms with E-state index >= 15 is 0 Å². The summed E-state index contributed by atoms with van der Waals surface area (Å²) in [5.41, 5.74) is 2.08. The van der Waals surface area contributed by atoms with Crippen molar-refractivity contribution in [1.82, 2.24) is 0 Å². The first-order chi connectivity index (χ1) is 8.61. The molecule has 0 atom stereocenters. The van der Waals surface area contributed by atoms with Gasteiger partial charge in [-0.2, -0.15) is 0 Å². The highest BCUT2D eigenvalue weighted by atomic mass is 35.5. The van der Waals surface area contributed by atoms with E-state index in [1.807, 2.05) is 44.2 Å². The van der Waals surface area contributed by atoms with Gasteiger partial charge >= 0.3 is 0 Å². The van der Waals surface area contributed by atoms with Gasteiger partial charge in [0.2, 0.25) is 5.24 Å². The third-order valence-electron chi connectivity index (χ3n) is 3.01. The van der Waals surface area contributed by atoms with E-state index in [1.54, 1.807) is 0 Å². The van der Waals surface area contributed by atoms with Gasteiger partial charge in [0.25, 0.3) is 0 Å². The molecule has 2 nitrogen and oxygen atoms in total. The number of carbonyl (C=O) groups excluding carboxylic acids is 1. The summed E-state index contributed by atoms with van der Waals surface area (Å²) in [6.45, 7) is 4.63. The van der Waals surface area contributed by atoms with Crippen LogP contribution in [0.15, 0.2) is 30.3 Å². The van der Waals surface area contributed by atoms with Gasteiger partial charge in [-0.15, -0.1) is 0 Å². The minimum Gasteiger partial charge on any atom is -0.494 e. The van der Waals surface area contributed by atoms with Crippen LogP contribution in [0.2, 0.25) is 0 Å². The van der Waals surface area contributed by atoms with Gasteiger partial charge in [0.15, 0.2) is 0 Å². The van der Waals surface area contributed by atoms with Crippen LogP contribution in [0.3, 0.4) is 0 Å². The quantitative estimate of drug-likeness (QED) is 0.782. The fourth-order valence-corrected chi connectivity index (χ4v) is 2.25. The summed E-state index contributed by atoms with van der Waals surface area (Å²) in [6.07, 6.45) is 0.274. The van der Waals surface area contributed by atoms with Crippen LogP contribution >= 0.6 is 11.6 Å². The molecule has 0 aromatic heterocycles. The molecule has 0 aliphatic rings. The normalized spacial score (nSPS) is 10.6. The first-order valence-corrected chi connectivity index (χ1v) is 6.33. The Labute approximate surface area is 112 Å². The summed E-state index contributed by atoms with van der Waals surface area (Å²) in [7, 11) is 0. The summed E-state index contributed by atoms with van der Waals surface area (Å²) in [5.74, 6) is 0.866. The lowest BCUT2D eigenvalue weighted by Gasteiger charge is -2.10. The Bertz CT molecular complexity index is 590. The molecule has 0 amide bonds. The number of fused-ring (bicyclic) bond motifs is 1. The first-order valence-electron chi connectivity index (χ1n) is 5.95. The van der Waals surface area contributed by atoms with Crippen molar-refractivity contribution < 1.29 is 9.53 Å². The standard InChI is InChI=1S/C15H15ClO2/c1-3-18-13-6-7-14-10(2)11(9-15(16)17)4-5-12(14)8-13/h4-8H,3,9H2,1-2H3. The maximum atomic E-state index is 11.0. The first kappa shape index (κ1) is 12.9. The van der Waals surface area contributed by atoms with Gasteiger partial charge in [-0.3, -0.25) is 4.79 Å². The molecule has 0 aliphatic heterocycles. The Kier molecular flexibility index (Phi) is 3.87. The van der Waals surface area contributed by atoms with Crippen LogP contribution in [0, 0.1) is 6.92 Å². The second kappa shape index (κ2) is 5.40.